The van der Waals surface area contributed by atoms with Gasteiger partial charge in [-0.15, -0.1) is 0 Å². The lowest BCUT2D eigenvalue weighted by molar-refractivity contribution is -0.138. The summed E-state index contributed by atoms with van der Waals surface area (Å²) in [6, 6.07) is 10.9. The molecular formula is C20H21F3N2O3. The number of ether oxygens (including phenoxy) is 1. The summed E-state index contributed by atoms with van der Waals surface area (Å²) in [7, 11) is 0. The van der Waals surface area contributed by atoms with E-state index in [-0.39, 0.29) is 29.7 Å². The van der Waals surface area contributed by atoms with Crippen molar-refractivity contribution in [1.82, 2.24) is 10.6 Å². The van der Waals surface area contributed by atoms with E-state index in [9.17, 15) is 22.8 Å². The Morgan fingerprint density at radius 3 is 2.29 bits per heavy atom. The fraction of sp³-hybridized carbons (Fsp3) is 0.300. The number of esters is 1. The first kappa shape index (κ1) is 21.3. The van der Waals surface area contributed by atoms with Crippen LogP contribution in [0.15, 0.2) is 48.5 Å². The summed E-state index contributed by atoms with van der Waals surface area (Å²) in [5.41, 5.74) is 0.0296. The van der Waals surface area contributed by atoms with Gasteiger partial charge in [0.25, 0.3) is 0 Å². The van der Waals surface area contributed by atoms with E-state index < -0.39 is 24.3 Å². The van der Waals surface area contributed by atoms with Gasteiger partial charge in [-0.25, -0.2) is 9.59 Å². The van der Waals surface area contributed by atoms with Gasteiger partial charge in [-0.2, -0.15) is 13.2 Å². The van der Waals surface area contributed by atoms with Gasteiger partial charge >= 0.3 is 18.2 Å². The Bertz CT molecular complexity index is 818. The summed E-state index contributed by atoms with van der Waals surface area (Å²) in [4.78, 5) is 23.6. The van der Waals surface area contributed by atoms with Crippen LogP contribution in [0.3, 0.4) is 0 Å². The normalized spacial score (nSPS) is 11.2. The molecule has 0 saturated heterocycles. The van der Waals surface area contributed by atoms with E-state index in [1.807, 2.05) is 13.8 Å². The predicted octanol–water partition coefficient (Wildman–Crippen LogP) is 4.27. The van der Waals surface area contributed by atoms with Crippen LogP contribution in [-0.4, -0.2) is 18.0 Å². The number of benzene rings is 2. The van der Waals surface area contributed by atoms with E-state index in [0.717, 1.165) is 11.6 Å². The topological polar surface area (TPSA) is 67.4 Å². The number of rotatable bonds is 6. The maximum Gasteiger partial charge on any atom is 0.416 e. The smallest absolute Gasteiger partial charge is 0.416 e. The van der Waals surface area contributed by atoms with Gasteiger partial charge in [-0.1, -0.05) is 30.3 Å². The predicted molar refractivity (Wildman–Crippen MR) is 97.5 cm³/mol. The van der Waals surface area contributed by atoms with Gasteiger partial charge in [0.1, 0.15) is 6.61 Å². The van der Waals surface area contributed by atoms with E-state index >= 15 is 0 Å². The van der Waals surface area contributed by atoms with Crippen LogP contribution < -0.4 is 10.6 Å². The number of hydrogen-bond donors (Lipinski definition) is 2. The van der Waals surface area contributed by atoms with Crippen molar-refractivity contribution in [2.24, 2.45) is 0 Å². The van der Waals surface area contributed by atoms with E-state index in [0.29, 0.717) is 0 Å². The maximum atomic E-state index is 13.0. The summed E-state index contributed by atoms with van der Waals surface area (Å²) < 4.78 is 43.9. The molecule has 0 heterocycles. The molecule has 2 aromatic carbocycles. The van der Waals surface area contributed by atoms with Gasteiger partial charge in [-0.3, -0.25) is 0 Å². The summed E-state index contributed by atoms with van der Waals surface area (Å²) in [6.45, 7) is 3.47. The largest absolute Gasteiger partial charge is 0.457 e. The number of carbonyl (C=O) groups is 2. The molecule has 2 rings (SSSR count). The molecule has 28 heavy (non-hydrogen) atoms. The highest BCUT2D eigenvalue weighted by atomic mass is 19.4. The Labute approximate surface area is 160 Å². The van der Waals surface area contributed by atoms with Crippen LogP contribution in [0.2, 0.25) is 0 Å². The molecule has 2 N–H and O–H groups in total. The average Bonchev–Trinajstić information content (AvgIpc) is 2.64. The molecular weight excluding hydrogens is 373 g/mol. The lowest BCUT2D eigenvalue weighted by atomic mass is 10.1. The number of alkyl halides is 3. The van der Waals surface area contributed by atoms with Crippen molar-refractivity contribution in [3.63, 3.8) is 0 Å². The molecule has 0 atom stereocenters. The second-order valence-corrected chi connectivity index (χ2v) is 6.41. The first-order valence-electron chi connectivity index (χ1n) is 8.62. The molecule has 0 spiro atoms. The van der Waals surface area contributed by atoms with Crippen LogP contribution in [0, 0.1) is 0 Å². The van der Waals surface area contributed by atoms with E-state index in [4.69, 9.17) is 4.74 Å². The zero-order valence-electron chi connectivity index (χ0n) is 15.5. The number of amides is 2. The second kappa shape index (κ2) is 9.25. The molecule has 150 valence electrons. The molecule has 0 bridgehead atoms. The molecule has 0 aliphatic carbocycles. The molecule has 0 radical (unpaired) electrons. The van der Waals surface area contributed by atoms with Crippen molar-refractivity contribution in [2.75, 3.05) is 0 Å². The van der Waals surface area contributed by atoms with E-state index in [2.05, 4.69) is 10.6 Å². The highest BCUT2D eigenvalue weighted by molar-refractivity contribution is 5.89. The quantitative estimate of drug-likeness (QED) is 0.719. The number of urea groups is 1. The van der Waals surface area contributed by atoms with Crippen molar-refractivity contribution in [3.8, 4) is 0 Å². The first-order chi connectivity index (χ1) is 13.2. The van der Waals surface area contributed by atoms with Gasteiger partial charge in [0.15, 0.2) is 0 Å². The Morgan fingerprint density at radius 2 is 1.68 bits per heavy atom. The Morgan fingerprint density at radius 1 is 1.04 bits per heavy atom. The molecule has 0 aliphatic rings. The highest BCUT2D eigenvalue weighted by Crippen LogP contribution is 2.32. The third-order valence-electron chi connectivity index (χ3n) is 3.74. The molecule has 5 nitrogen and oxygen atoms in total. The Kier molecular flexibility index (Phi) is 7.03. The van der Waals surface area contributed by atoms with Crippen LogP contribution >= 0.6 is 0 Å². The van der Waals surface area contributed by atoms with Crippen LogP contribution in [-0.2, 0) is 24.1 Å². The maximum absolute atomic E-state index is 13.0. The minimum absolute atomic E-state index is 0.0135. The van der Waals surface area contributed by atoms with E-state index in [1.54, 1.807) is 12.1 Å². The van der Waals surface area contributed by atoms with E-state index in [1.165, 1.54) is 30.3 Å². The molecule has 0 fully saturated rings. The van der Waals surface area contributed by atoms with Gasteiger partial charge in [0.2, 0.25) is 0 Å². The number of carbonyl (C=O) groups excluding carboxylic acids is 2. The summed E-state index contributed by atoms with van der Waals surface area (Å²) in [5, 5.41) is 5.36. The lowest BCUT2D eigenvalue weighted by Gasteiger charge is -2.13. The van der Waals surface area contributed by atoms with Gasteiger partial charge in [0, 0.05) is 18.2 Å². The molecule has 0 aliphatic heterocycles. The van der Waals surface area contributed by atoms with Crippen LogP contribution in [0.25, 0.3) is 0 Å². The number of halogens is 3. The first-order valence-corrected chi connectivity index (χ1v) is 8.62. The average molecular weight is 394 g/mol. The van der Waals surface area contributed by atoms with Gasteiger partial charge < -0.3 is 15.4 Å². The van der Waals surface area contributed by atoms with Crippen molar-refractivity contribution < 1.29 is 27.5 Å². The molecule has 2 aromatic rings. The summed E-state index contributed by atoms with van der Waals surface area (Å²) in [5.74, 6) is -0.728. The van der Waals surface area contributed by atoms with Crippen LogP contribution in [0.1, 0.15) is 40.9 Å². The molecule has 0 unspecified atom stereocenters. The van der Waals surface area contributed by atoms with Crippen molar-refractivity contribution in [1.29, 1.82) is 0 Å². The van der Waals surface area contributed by atoms with Gasteiger partial charge in [-0.05, 0) is 37.6 Å². The zero-order valence-corrected chi connectivity index (χ0v) is 15.5. The summed E-state index contributed by atoms with van der Waals surface area (Å²) in [6.07, 6.45) is -4.51. The highest BCUT2D eigenvalue weighted by Gasteiger charge is 2.33. The monoisotopic (exact) mass is 394 g/mol. The third-order valence-corrected chi connectivity index (χ3v) is 3.74. The van der Waals surface area contributed by atoms with Crippen LogP contribution in [0.5, 0.6) is 0 Å². The Balaban J connectivity index is 1.93. The van der Waals surface area contributed by atoms with Crippen LogP contribution in [0.4, 0.5) is 18.0 Å². The number of hydrogen-bond acceptors (Lipinski definition) is 3. The third kappa shape index (κ3) is 6.29. The fourth-order valence-electron chi connectivity index (χ4n) is 2.40. The molecule has 8 heteroatoms. The van der Waals surface area contributed by atoms with Crippen molar-refractivity contribution in [2.45, 2.75) is 39.2 Å². The van der Waals surface area contributed by atoms with Crippen molar-refractivity contribution >= 4 is 12.0 Å². The van der Waals surface area contributed by atoms with Crippen molar-refractivity contribution in [3.05, 3.63) is 70.8 Å². The van der Waals surface area contributed by atoms with Gasteiger partial charge in [0.05, 0.1) is 11.1 Å². The Hall–Kier alpha value is -3.03. The summed E-state index contributed by atoms with van der Waals surface area (Å²) >= 11 is 0. The molecule has 0 aromatic heterocycles. The SMILES string of the molecule is CC(C)NC(=O)NCc1ccc(C(=O)OCc2ccccc2C(F)(F)F)cc1. The zero-order chi connectivity index (χ0) is 20.7. The fourth-order valence-corrected chi connectivity index (χ4v) is 2.40. The number of nitrogens with one attached hydrogen (secondary N) is 2. The second-order valence-electron chi connectivity index (χ2n) is 6.41. The minimum Gasteiger partial charge on any atom is -0.457 e. The molecule has 0 saturated carbocycles. The minimum atomic E-state index is -4.51. The standard InChI is InChI=1S/C20H21F3N2O3/c1-13(2)25-19(27)24-11-14-7-9-15(10-8-14)18(26)28-12-16-5-3-4-6-17(16)20(21,22)23/h3-10,13H,11-12H2,1-2H3,(H2,24,25,27). The molecule has 2 amide bonds. The lowest BCUT2D eigenvalue weighted by Crippen LogP contribution is -2.39.